The maximum atomic E-state index is 12.2. The van der Waals surface area contributed by atoms with Crippen LogP contribution >= 0.6 is 0 Å². The van der Waals surface area contributed by atoms with Crippen molar-refractivity contribution in [2.45, 2.75) is 25.3 Å². The Labute approximate surface area is 120 Å². The van der Waals surface area contributed by atoms with Crippen LogP contribution in [0.25, 0.3) is 11.5 Å². The average molecular weight is 286 g/mol. The predicted molar refractivity (Wildman–Crippen MR) is 73.7 cm³/mol. The van der Waals surface area contributed by atoms with E-state index in [9.17, 15) is 9.59 Å². The Bertz CT molecular complexity index is 702. The lowest BCUT2D eigenvalue weighted by Gasteiger charge is -2.13. The van der Waals surface area contributed by atoms with Crippen molar-refractivity contribution in [1.82, 2.24) is 10.3 Å². The Morgan fingerprint density at radius 2 is 2.10 bits per heavy atom. The second-order valence-corrected chi connectivity index (χ2v) is 5.15. The first-order valence-electron chi connectivity index (χ1n) is 6.59. The van der Waals surface area contributed by atoms with Gasteiger partial charge in [0.25, 0.3) is 5.91 Å². The molecule has 2 aromatic rings. The highest BCUT2D eigenvalue weighted by Gasteiger charge is 2.51. The lowest BCUT2D eigenvalue weighted by molar-refractivity contribution is -0.140. The van der Waals surface area contributed by atoms with Gasteiger partial charge in [-0.2, -0.15) is 0 Å². The van der Waals surface area contributed by atoms with Gasteiger partial charge in [0.15, 0.2) is 5.76 Å². The summed E-state index contributed by atoms with van der Waals surface area (Å²) in [7, 11) is 0. The number of carbonyl (C=O) groups is 2. The minimum Gasteiger partial charge on any atom is -0.480 e. The number of carbonyl (C=O) groups excluding carboxylic acids is 1. The summed E-state index contributed by atoms with van der Waals surface area (Å²) in [4.78, 5) is 27.6. The van der Waals surface area contributed by atoms with Crippen LogP contribution in [0.4, 0.5) is 0 Å². The van der Waals surface area contributed by atoms with Crippen LogP contribution in [-0.2, 0) is 4.79 Å². The van der Waals surface area contributed by atoms with Crippen molar-refractivity contribution in [3.05, 3.63) is 41.8 Å². The molecule has 0 radical (unpaired) electrons. The first-order chi connectivity index (χ1) is 10.0. The maximum Gasteiger partial charge on any atom is 0.329 e. The van der Waals surface area contributed by atoms with Crippen molar-refractivity contribution in [2.24, 2.45) is 0 Å². The molecule has 1 aliphatic carbocycles. The third kappa shape index (κ3) is 2.40. The second-order valence-electron chi connectivity index (χ2n) is 5.15. The molecule has 21 heavy (non-hydrogen) atoms. The van der Waals surface area contributed by atoms with Gasteiger partial charge in [-0.1, -0.05) is 0 Å². The molecule has 2 aromatic heterocycles. The van der Waals surface area contributed by atoms with Gasteiger partial charge in [0.1, 0.15) is 11.2 Å². The average Bonchev–Trinajstić information content (AvgIpc) is 3.02. The Kier molecular flexibility index (Phi) is 3.01. The molecule has 1 amide bonds. The Morgan fingerprint density at radius 1 is 1.33 bits per heavy atom. The predicted octanol–water partition coefficient (Wildman–Crippen LogP) is 2.00. The fourth-order valence-corrected chi connectivity index (χ4v) is 2.16. The molecular weight excluding hydrogens is 272 g/mol. The summed E-state index contributed by atoms with van der Waals surface area (Å²) in [5.41, 5.74) is 0.442. The van der Waals surface area contributed by atoms with E-state index in [4.69, 9.17) is 9.52 Å². The zero-order chi connectivity index (χ0) is 15.0. The summed E-state index contributed by atoms with van der Waals surface area (Å²) < 4.78 is 5.26. The lowest BCUT2D eigenvalue weighted by atomic mass is 10.1. The monoisotopic (exact) mass is 286 g/mol. The number of aryl methyl sites for hydroxylation is 1. The minimum atomic E-state index is -1.09. The number of nitrogens with one attached hydrogen (secondary N) is 1. The number of furan rings is 1. The number of aromatic nitrogens is 1. The molecule has 6 heteroatoms. The largest absolute Gasteiger partial charge is 0.480 e. The van der Waals surface area contributed by atoms with E-state index in [0.29, 0.717) is 35.6 Å². The highest BCUT2D eigenvalue weighted by molar-refractivity contribution is 5.99. The number of aliphatic carboxylic acids is 1. The van der Waals surface area contributed by atoms with Crippen molar-refractivity contribution in [3.8, 4) is 11.5 Å². The van der Waals surface area contributed by atoms with Gasteiger partial charge in [-0.25, -0.2) is 9.78 Å². The van der Waals surface area contributed by atoms with Crippen molar-refractivity contribution in [3.63, 3.8) is 0 Å². The van der Waals surface area contributed by atoms with E-state index in [0.717, 1.165) is 0 Å². The minimum absolute atomic E-state index is 0.373. The van der Waals surface area contributed by atoms with E-state index in [1.54, 1.807) is 37.5 Å². The zero-order valence-corrected chi connectivity index (χ0v) is 11.4. The Hall–Kier alpha value is -2.63. The summed E-state index contributed by atoms with van der Waals surface area (Å²) in [6.45, 7) is 1.71. The number of pyridine rings is 1. The Balaban J connectivity index is 1.83. The topological polar surface area (TPSA) is 92.4 Å². The smallest absolute Gasteiger partial charge is 0.329 e. The van der Waals surface area contributed by atoms with Crippen molar-refractivity contribution in [2.75, 3.05) is 0 Å². The maximum absolute atomic E-state index is 12.2. The van der Waals surface area contributed by atoms with E-state index in [-0.39, 0.29) is 0 Å². The van der Waals surface area contributed by atoms with Crippen LogP contribution in [0.15, 0.2) is 34.9 Å². The van der Waals surface area contributed by atoms with Crippen LogP contribution in [0.2, 0.25) is 0 Å². The lowest BCUT2D eigenvalue weighted by Crippen LogP contribution is -2.43. The molecule has 0 saturated heterocycles. The van der Waals surface area contributed by atoms with Gasteiger partial charge in [0.05, 0.1) is 17.5 Å². The molecule has 1 saturated carbocycles. The number of hydrogen-bond acceptors (Lipinski definition) is 4. The molecule has 0 aromatic carbocycles. The van der Waals surface area contributed by atoms with Gasteiger partial charge in [0.2, 0.25) is 0 Å². The molecule has 0 unspecified atom stereocenters. The summed E-state index contributed by atoms with van der Waals surface area (Å²) in [5.74, 6) is -0.783. The van der Waals surface area contributed by atoms with E-state index in [2.05, 4.69) is 10.3 Å². The third-order valence-electron chi connectivity index (χ3n) is 3.62. The van der Waals surface area contributed by atoms with E-state index in [1.807, 2.05) is 0 Å². The molecule has 2 heterocycles. The Morgan fingerprint density at radius 3 is 2.62 bits per heavy atom. The number of carboxylic acids is 1. The van der Waals surface area contributed by atoms with Gasteiger partial charge in [-0.3, -0.25) is 4.79 Å². The highest BCUT2D eigenvalue weighted by atomic mass is 16.4. The molecule has 2 N–H and O–H groups in total. The second kappa shape index (κ2) is 4.73. The summed E-state index contributed by atoms with van der Waals surface area (Å²) >= 11 is 0. The van der Waals surface area contributed by atoms with Crippen molar-refractivity contribution in [1.29, 1.82) is 0 Å². The van der Waals surface area contributed by atoms with Crippen LogP contribution in [0.3, 0.4) is 0 Å². The summed E-state index contributed by atoms with van der Waals surface area (Å²) in [5, 5.41) is 11.7. The highest BCUT2D eigenvalue weighted by Crippen LogP contribution is 2.36. The van der Waals surface area contributed by atoms with Crippen LogP contribution in [0, 0.1) is 6.92 Å². The summed E-state index contributed by atoms with van der Waals surface area (Å²) in [6, 6.07) is 6.86. The van der Waals surface area contributed by atoms with Gasteiger partial charge in [-0.15, -0.1) is 0 Å². The first-order valence-corrected chi connectivity index (χ1v) is 6.59. The number of carboxylic acid groups (broad SMARTS) is 1. The normalized spacial score (nSPS) is 15.5. The molecule has 3 rings (SSSR count). The van der Waals surface area contributed by atoms with Gasteiger partial charge >= 0.3 is 5.97 Å². The van der Waals surface area contributed by atoms with Crippen molar-refractivity contribution < 1.29 is 19.1 Å². The van der Waals surface area contributed by atoms with Gasteiger partial charge < -0.3 is 14.8 Å². The molecule has 1 aliphatic rings. The van der Waals surface area contributed by atoms with E-state index >= 15 is 0 Å². The van der Waals surface area contributed by atoms with Crippen molar-refractivity contribution >= 4 is 11.9 Å². The molecule has 0 aliphatic heterocycles. The molecule has 108 valence electrons. The molecule has 1 fully saturated rings. The molecule has 0 spiro atoms. The summed E-state index contributed by atoms with van der Waals surface area (Å²) in [6.07, 6.45) is 2.48. The fraction of sp³-hybridized carbons (Fsp3) is 0.267. The van der Waals surface area contributed by atoms with E-state index < -0.39 is 17.4 Å². The van der Waals surface area contributed by atoms with E-state index in [1.165, 1.54) is 0 Å². The standard InChI is InChI=1S/C15H14N2O4/c1-9-10(13(18)17-15(6-7-15)14(19)20)4-5-11(16-9)12-3-2-8-21-12/h2-5,8H,6-7H2,1H3,(H,17,18)(H,19,20). The van der Waals surface area contributed by atoms with Crippen LogP contribution in [0.5, 0.6) is 0 Å². The van der Waals surface area contributed by atoms with Gasteiger partial charge in [0, 0.05) is 0 Å². The molecule has 0 atom stereocenters. The SMILES string of the molecule is Cc1nc(-c2ccco2)ccc1C(=O)NC1(C(=O)O)CC1. The molecule has 0 bridgehead atoms. The molecule has 6 nitrogen and oxygen atoms in total. The quantitative estimate of drug-likeness (QED) is 0.896. The van der Waals surface area contributed by atoms with Crippen LogP contribution in [-0.4, -0.2) is 27.5 Å². The fourth-order valence-electron chi connectivity index (χ4n) is 2.16. The zero-order valence-electron chi connectivity index (χ0n) is 11.4. The van der Waals surface area contributed by atoms with Crippen LogP contribution in [0.1, 0.15) is 28.9 Å². The number of nitrogens with zero attached hydrogens (tertiary/aromatic N) is 1. The first kappa shape index (κ1) is 13.4. The van der Waals surface area contributed by atoms with Crippen LogP contribution < -0.4 is 5.32 Å². The number of amides is 1. The third-order valence-corrected chi connectivity index (χ3v) is 3.62. The number of rotatable bonds is 4. The van der Waals surface area contributed by atoms with Gasteiger partial charge in [-0.05, 0) is 44.0 Å². The number of hydrogen-bond donors (Lipinski definition) is 2. The molecular formula is C15H14N2O4.